The molecule has 31 heavy (non-hydrogen) atoms. The van der Waals surface area contributed by atoms with Gasteiger partial charge in [-0.05, 0) is 35.6 Å². The Labute approximate surface area is 184 Å². The first kappa shape index (κ1) is 20.7. The summed E-state index contributed by atoms with van der Waals surface area (Å²) in [6.07, 6.45) is 0.592. The minimum atomic E-state index is -0.345. The van der Waals surface area contributed by atoms with Gasteiger partial charge in [-0.1, -0.05) is 36.4 Å². The largest absolute Gasteiger partial charge is 0.497 e. The number of benzene rings is 2. The highest BCUT2D eigenvalue weighted by atomic mass is 32.1. The second kappa shape index (κ2) is 9.06. The minimum absolute atomic E-state index is 0.254. The molecule has 1 N–H and O–H groups in total. The number of nitrogens with zero attached hydrogens (tertiary/aromatic N) is 1. The third-order valence-electron chi connectivity index (χ3n) is 5.07. The number of amides is 2. The predicted octanol–water partition coefficient (Wildman–Crippen LogP) is 4.20. The summed E-state index contributed by atoms with van der Waals surface area (Å²) in [5.41, 5.74) is 2.28. The molecule has 0 atom stereocenters. The molecule has 1 aromatic heterocycles. The fourth-order valence-corrected chi connectivity index (χ4v) is 4.23. The van der Waals surface area contributed by atoms with Crippen molar-refractivity contribution in [2.45, 2.75) is 6.42 Å². The molecule has 1 aliphatic rings. The topological polar surface area (TPSA) is 67.9 Å². The molecule has 0 unspecified atom stereocenters. The maximum Gasteiger partial charge on any atom is 0.278 e. The average Bonchev–Trinajstić information content (AvgIpc) is 3.40. The number of thiophene rings is 1. The average molecular weight is 435 g/mol. The summed E-state index contributed by atoms with van der Waals surface area (Å²) in [7, 11) is 3.12. The van der Waals surface area contributed by atoms with Gasteiger partial charge >= 0.3 is 0 Å². The maximum atomic E-state index is 13.3. The zero-order valence-electron chi connectivity index (χ0n) is 17.3. The first-order valence-corrected chi connectivity index (χ1v) is 10.7. The lowest BCUT2D eigenvalue weighted by Gasteiger charge is -2.16. The maximum absolute atomic E-state index is 13.3. The van der Waals surface area contributed by atoms with Crippen LogP contribution in [0.1, 0.15) is 10.4 Å². The third-order valence-corrected chi connectivity index (χ3v) is 5.96. The van der Waals surface area contributed by atoms with Crippen molar-refractivity contribution in [3.63, 3.8) is 0 Å². The van der Waals surface area contributed by atoms with Gasteiger partial charge in [-0.3, -0.25) is 14.5 Å². The predicted molar refractivity (Wildman–Crippen MR) is 121 cm³/mol. The van der Waals surface area contributed by atoms with E-state index in [1.807, 2.05) is 47.8 Å². The van der Waals surface area contributed by atoms with Crippen LogP contribution in [0.2, 0.25) is 0 Å². The molecule has 4 rings (SSSR count). The van der Waals surface area contributed by atoms with E-state index in [2.05, 4.69) is 5.32 Å². The molecular formula is C24H22N2O4S. The molecule has 2 heterocycles. The molecule has 7 heteroatoms. The van der Waals surface area contributed by atoms with E-state index in [1.54, 1.807) is 32.4 Å². The van der Waals surface area contributed by atoms with E-state index in [4.69, 9.17) is 9.47 Å². The van der Waals surface area contributed by atoms with Crippen LogP contribution >= 0.6 is 11.3 Å². The number of carbonyl (C=O) groups is 2. The molecule has 0 fully saturated rings. The fourth-order valence-electron chi connectivity index (χ4n) is 3.47. The van der Waals surface area contributed by atoms with E-state index < -0.39 is 0 Å². The van der Waals surface area contributed by atoms with Crippen LogP contribution in [0.15, 0.2) is 71.7 Å². The van der Waals surface area contributed by atoms with E-state index in [1.165, 1.54) is 16.2 Å². The van der Waals surface area contributed by atoms with Crippen LogP contribution < -0.4 is 14.8 Å². The fraction of sp³-hybridized carbons (Fsp3) is 0.167. The zero-order chi connectivity index (χ0) is 21.8. The van der Waals surface area contributed by atoms with E-state index >= 15 is 0 Å². The van der Waals surface area contributed by atoms with Gasteiger partial charge in [0.05, 0.1) is 25.5 Å². The van der Waals surface area contributed by atoms with Gasteiger partial charge in [0.1, 0.15) is 17.2 Å². The van der Waals surface area contributed by atoms with Gasteiger partial charge in [-0.2, -0.15) is 0 Å². The second-order valence-electron chi connectivity index (χ2n) is 6.92. The van der Waals surface area contributed by atoms with Crippen molar-refractivity contribution < 1.29 is 19.1 Å². The number of ether oxygens (including phenoxy) is 2. The monoisotopic (exact) mass is 434 g/mol. The van der Waals surface area contributed by atoms with Crippen LogP contribution in [0.25, 0.3) is 5.57 Å². The first-order chi connectivity index (χ1) is 15.1. The zero-order valence-corrected chi connectivity index (χ0v) is 18.1. The van der Waals surface area contributed by atoms with Crippen LogP contribution in [0.5, 0.6) is 11.5 Å². The van der Waals surface area contributed by atoms with Crippen molar-refractivity contribution in [3.05, 3.63) is 82.2 Å². The molecule has 6 nitrogen and oxygen atoms in total. The van der Waals surface area contributed by atoms with Crippen LogP contribution in [0.3, 0.4) is 0 Å². The lowest BCUT2D eigenvalue weighted by molar-refractivity contribution is -0.136. The Bertz CT molecular complexity index is 1120. The molecule has 0 saturated carbocycles. The van der Waals surface area contributed by atoms with Gasteiger partial charge in [0.2, 0.25) is 0 Å². The van der Waals surface area contributed by atoms with Crippen LogP contribution in [0, 0.1) is 0 Å². The molecule has 0 aliphatic carbocycles. The van der Waals surface area contributed by atoms with Gasteiger partial charge in [-0.15, -0.1) is 11.3 Å². The highest BCUT2D eigenvalue weighted by molar-refractivity contribution is 7.11. The number of carbonyl (C=O) groups excluding carboxylic acids is 2. The summed E-state index contributed by atoms with van der Waals surface area (Å²) >= 11 is 1.42. The number of hydrogen-bond acceptors (Lipinski definition) is 6. The van der Waals surface area contributed by atoms with Gasteiger partial charge in [0, 0.05) is 17.5 Å². The standard InChI is InChI=1S/C24H22N2O4S/c1-29-17-10-11-18(19(15-17)30-2)25-22-21(20-9-6-14-31-20)23(27)26(24(22)28)13-12-16-7-4-3-5-8-16/h3-11,14-15,25H,12-13H2,1-2H3. The van der Waals surface area contributed by atoms with Gasteiger partial charge < -0.3 is 14.8 Å². The lowest BCUT2D eigenvalue weighted by atomic mass is 10.1. The number of imide groups is 1. The Balaban J connectivity index is 1.66. The summed E-state index contributed by atoms with van der Waals surface area (Å²) in [6, 6.07) is 18.8. The molecule has 158 valence electrons. The summed E-state index contributed by atoms with van der Waals surface area (Å²) in [4.78, 5) is 28.6. The molecule has 3 aromatic rings. The molecular weight excluding hydrogens is 412 g/mol. The van der Waals surface area contributed by atoms with Crippen molar-refractivity contribution in [3.8, 4) is 11.5 Å². The molecule has 2 amide bonds. The van der Waals surface area contributed by atoms with Crippen molar-refractivity contribution in [2.24, 2.45) is 0 Å². The molecule has 0 radical (unpaired) electrons. The smallest absolute Gasteiger partial charge is 0.278 e. The molecule has 0 bridgehead atoms. The normalized spacial score (nSPS) is 13.7. The van der Waals surface area contributed by atoms with Gasteiger partial charge in [-0.25, -0.2) is 0 Å². The number of methoxy groups -OCH3 is 2. The SMILES string of the molecule is COc1ccc(NC2=C(c3cccs3)C(=O)N(CCc3ccccc3)C2=O)c(OC)c1. The van der Waals surface area contributed by atoms with E-state index in [0.29, 0.717) is 35.7 Å². The Morgan fingerprint density at radius 3 is 2.42 bits per heavy atom. The van der Waals surface area contributed by atoms with Crippen molar-refractivity contribution in [1.82, 2.24) is 4.90 Å². The summed E-state index contributed by atoms with van der Waals surface area (Å²) in [5.74, 6) is 0.508. The molecule has 0 spiro atoms. The molecule has 0 saturated heterocycles. The van der Waals surface area contributed by atoms with Crippen LogP contribution in [-0.2, 0) is 16.0 Å². The first-order valence-electron chi connectivity index (χ1n) is 9.79. The highest BCUT2D eigenvalue weighted by Gasteiger charge is 2.39. The highest BCUT2D eigenvalue weighted by Crippen LogP contribution is 2.36. The number of anilines is 1. The summed E-state index contributed by atoms with van der Waals surface area (Å²) in [6.45, 7) is 0.307. The quantitative estimate of drug-likeness (QED) is 0.538. The van der Waals surface area contributed by atoms with E-state index in [9.17, 15) is 9.59 Å². The van der Waals surface area contributed by atoms with Gasteiger partial charge in [0.15, 0.2) is 0 Å². The Kier molecular flexibility index (Phi) is 6.04. The third kappa shape index (κ3) is 4.18. The van der Waals surface area contributed by atoms with Gasteiger partial charge in [0.25, 0.3) is 11.8 Å². The lowest BCUT2D eigenvalue weighted by Crippen LogP contribution is -2.34. The number of hydrogen-bond donors (Lipinski definition) is 1. The molecule has 1 aliphatic heterocycles. The van der Waals surface area contributed by atoms with Crippen molar-refractivity contribution in [1.29, 1.82) is 0 Å². The second-order valence-corrected chi connectivity index (χ2v) is 7.86. The Hall–Kier alpha value is -3.58. The minimum Gasteiger partial charge on any atom is -0.497 e. The van der Waals surface area contributed by atoms with Crippen LogP contribution in [0.4, 0.5) is 5.69 Å². The summed E-state index contributed by atoms with van der Waals surface area (Å²) in [5, 5.41) is 5.04. The summed E-state index contributed by atoms with van der Waals surface area (Å²) < 4.78 is 10.7. The van der Waals surface area contributed by atoms with Crippen molar-refractivity contribution in [2.75, 3.05) is 26.1 Å². The number of rotatable bonds is 8. The van der Waals surface area contributed by atoms with Crippen molar-refractivity contribution >= 4 is 34.4 Å². The van der Waals surface area contributed by atoms with E-state index in [-0.39, 0.29) is 17.5 Å². The van der Waals surface area contributed by atoms with E-state index in [0.717, 1.165) is 10.4 Å². The Morgan fingerprint density at radius 1 is 0.935 bits per heavy atom. The van der Waals surface area contributed by atoms with Crippen LogP contribution in [-0.4, -0.2) is 37.5 Å². The number of nitrogens with one attached hydrogen (secondary N) is 1. The Morgan fingerprint density at radius 2 is 1.74 bits per heavy atom. The molecule has 2 aromatic carbocycles.